The van der Waals surface area contributed by atoms with Gasteiger partial charge in [-0.3, -0.25) is 4.90 Å². The van der Waals surface area contributed by atoms with Gasteiger partial charge in [0.1, 0.15) is 0 Å². The van der Waals surface area contributed by atoms with Gasteiger partial charge in [-0.1, -0.05) is 12.1 Å². The molecule has 1 unspecified atom stereocenters. The Kier molecular flexibility index (Phi) is 1.62. The van der Waals surface area contributed by atoms with E-state index in [9.17, 15) is 0 Å². The van der Waals surface area contributed by atoms with Crippen LogP contribution < -0.4 is 5.73 Å². The Morgan fingerprint density at radius 3 is 3.00 bits per heavy atom. The summed E-state index contributed by atoms with van der Waals surface area (Å²) in [4.78, 5) is 2.51. The lowest BCUT2D eigenvalue weighted by atomic mass is 10.1. The van der Waals surface area contributed by atoms with Gasteiger partial charge in [-0.2, -0.15) is 0 Å². The number of nitrogens with zero attached hydrogens (tertiary/aromatic N) is 2. The Labute approximate surface area is 83.0 Å². The highest BCUT2D eigenvalue weighted by molar-refractivity contribution is 5.44. The molecule has 2 N–H and O–H groups in total. The van der Waals surface area contributed by atoms with Crippen molar-refractivity contribution in [3.05, 3.63) is 11.3 Å². The zero-order valence-corrected chi connectivity index (χ0v) is 8.36. The van der Waals surface area contributed by atoms with Crippen LogP contribution in [0.4, 0.5) is 5.82 Å². The molecule has 2 heterocycles. The molecule has 0 saturated heterocycles. The molecule has 1 fully saturated rings. The number of nitrogens with two attached hydrogens (primary N) is 1. The molecule has 2 aliphatic rings. The first-order chi connectivity index (χ1) is 6.81. The summed E-state index contributed by atoms with van der Waals surface area (Å²) < 4.78 is 5.30. The zero-order valence-electron chi connectivity index (χ0n) is 8.36. The first-order valence-corrected chi connectivity index (χ1v) is 5.31. The minimum absolute atomic E-state index is 0.419. The second-order valence-corrected chi connectivity index (χ2v) is 4.24. The monoisotopic (exact) mass is 193 g/mol. The summed E-state index contributed by atoms with van der Waals surface area (Å²) in [7, 11) is 0. The maximum atomic E-state index is 5.76. The lowest BCUT2D eigenvalue weighted by Crippen LogP contribution is -2.24. The molecule has 0 bridgehead atoms. The van der Waals surface area contributed by atoms with Gasteiger partial charge in [-0.15, -0.1) is 0 Å². The van der Waals surface area contributed by atoms with Crippen LogP contribution in [-0.4, -0.2) is 16.1 Å². The Morgan fingerprint density at radius 2 is 2.36 bits per heavy atom. The number of hydrogen-bond donors (Lipinski definition) is 1. The van der Waals surface area contributed by atoms with Crippen LogP contribution >= 0.6 is 0 Å². The van der Waals surface area contributed by atoms with E-state index in [1.807, 2.05) is 0 Å². The second kappa shape index (κ2) is 2.73. The number of anilines is 1. The molecule has 1 aliphatic carbocycles. The van der Waals surface area contributed by atoms with Gasteiger partial charge in [-0.05, 0) is 19.3 Å². The van der Waals surface area contributed by atoms with E-state index in [2.05, 4.69) is 17.0 Å². The average Bonchev–Trinajstić information content (AvgIpc) is 2.87. The summed E-state index contributed by atoms with van der Waals surface area (Å²) in [5.74, 6) is 1.60. The quantitative estimate of drug-likeness (QED) is 0.776. The van der Waals surface area contributed by atoms with Gasteiger partial charge in [0, 0.05) is 12.6 Å². The number of hydrogen-bond acceptors (Lipinski definition) is 4. The van der Waals surface area contributed by atoms with Gasteiger partial charge >= 0.3 is 0 Å². The minimum atomic E-state index is 0.419. The molecule has 0 spiro atoms. The highest BCUT2D eigenvalue weighted by Crippen LogP contribution is 2.44. The van der Waals surface area contributed by atoms with Crippen LogP contribution in [0.1, 0.15) is 43.6 Å². The van der Waals surface area contributed by atoms with Crippen LogP contribution in [0.25, 0.3) is 0 Å². The van der Waals surface area contributed by atoms with E-state index in [0.717, 1.165) is 30.3 Å². The molecule has 1 aromatic rings. The molecule has 1 saturated carbocycles. The van der Waals surface area contributed by atoms with Crippen molar-refractivity contribution in [1.82, 2.24) is 10.1 Å². The molecule has 3 rings (SSSR count). The zero-order chi connectivity index (χ0) is 9.71. The maximum Gasteiger partial charge on any atom is 0.171 e. The third kappa shape index (κ3) is 1.00. The van der Waals surface area contributed by atoms with Crippen molar-refractivity contribution < 1.29 is 4.52 Å². The SMILES string of the molecule is CCC1c2onc(N)c2CN1C1CC1. The fourth-order valence-corrected chi connectivity index (χ4v) is 2.41. The van der Waals surface area contributed by atoms with Crippen LogP contribution in [0, 0.1) is 0 Å². The molecular weight excluding hydrogens is 178 g/mol. The highest BCUT2D eigenvalue weighted by atomic mass is 16.5. The first-order valence-electron chi connectivity index (χ1n) is 5.31. The minimum Gasteiger partial charge on any atom is -0.381 e. The molecule has 76 valence electrons. The standard InChI is InChI=1S/C10H15N3O/c1-2-8-9-7(10(11)12-14-9)5-13(8)6-3-4-6/h6,8H,2-5H2,1H3,(H2,11,12). The van der Waals surface area contributed by atoms with E-state index in [1.54, 1.807) is 0 Å². The van der Waals surface area contributed by atoms with Gasteiger partial charge in [0.15, 0.2) is 11.6 Å². The number of nitrogen functional groups attached to an aromatic ring is 1. The largest absolute Gasteiger partial charge is 0.381 e. The predicted molar refractivity (Wildman–Crippen MR) is 52.5 cm³/mol. The molecule has 4 nitrogen and oxygen atoms in total. The molecule has 1 aromatic heterocycles. The molecule has 0 radical (unpaired) electrons. The van der Waals surface area contributed by atoms with E-state index in [0.29, 0.717) is 11.9 Å². The third-order valence-corrected chi connectivity index (χ3v) is 3.30. The lowest BCUT2D eigenvalue weighted by molar-refractivity contribution is 0.173. The van der Waals surface area contributed by atoms with Crippen molar-refractivity contribution in [2.75, 3.05) is 5.73 Å². The first kappa shape index (κ1) is 8.29. The molecule has 14 heavy (non-hydrogen) atoms. The van der Waals surface area contributed by atoms with Crippen LogP contribution in [0.2, 0.25) is 0 Å². The fourth-order valence-electron chi connectivity index (χ4n) is 2.41. The normalized spacial score (nSPS) is 26.8. The predicted octanol–water partition coefficient (Wildman–Crippen LogP) is 1.69. The van der Waals surface area contributed by atoms with E-state index in [4.69, 9.17) is 10.3 Å². The summed E-state index contributed by atoms with van der Waals surface area (Å²) >= 11 is 0. The summed E-state index contributed by atoms with van der Waals surface area (Å²) in [6.45, 7) is 3.13. The average molecular weight is 193 g/mol. The van der Waals surface area contributed by atoms with Crippen LogP contribution in [-0.2, 0) is 6.54 Å². The molecule has 0 aromatic carbocycles. The van der Waals surface area contributed by atoms with Gasteiger partial charge < -0.3 is 10.3 Å². The van der Waals surface area contributed by atoms with E-state index in [1.165, 1.54) is 12.8 Å². The van der Waals surface area contributed by atoms with Gasteiger partial charge in [0.05, 0.1) is 11.6 Å². The van der Waals surface area contributed by atoms with Crippen molar-refractivity contribution in [3.8, 4) is 0 Å². The van der Waals surface area contributed by atoms with E-state index < -0.39 is 0 Å². The summed E-state index contributed by atoms with van der Waals surface area (Å²) in [6, 6.07) is 1.18. The van der Waals surface area contributed by atoms with E-state index in [-0.39, 0.29) is 0 Å². The second-order valence-electron chi connectivity index (χ2n) is 4.24. The number of fused-ring (bicyclic) bond motifs is 1. The Morgan fingerprint density at radius 1 is 1.57 bits per heavy atom. The van der Waals surface area contributed by atoms with Crippen molar-refractivity contribution in [2.45, 2.75) is 44.8 Å². The number of aromatic nitrogens is 1. The molecule has 0 amide bonds. The lowest BCUT2D eigenvalue weighted by Gasteiger charge is -2.21. The molecule has 1 atom stereocenters. The Balaban J connectivity index is 1.96. The molecule has 4 heteroatoms. The van der Waals surface area contributed by atoms with Crippen molar-refractivity contribution >= 4 is 5.82 Å². The smallest absolute Gasteiger partial charge is 0.171 e. The van der Waals surface area contributed by atoms with Gasteiger partial charge in [0.25, 0.3) is 0 Å². The molecule has 1 aliphatic heterocycles. The summed E-state index contributed by atoms with van der Waals surface area (Å²) in [6.07, 6.45) is 3.74. The van der Waals surface area contributed by atoms with Crippen LogP contribution in [0.5, 0.6) is 0 Å². The highest BCUT2D eigenvalue weighted by Gasteiger charge is 2.42. The van der Waals surface area contributed by atoms with Crippen molar-refractivity contribution in [3.63, 3.8) is 0 Å². The van der Waals surface area contributed by atoms with E-state index >= 15 is 0 Å². The number of rotatable bonds is 2. The fraction of sp³-hybridized carbons (Fsp3) is 0.700. The summed E-state index contributed by atoms with van der Waals surface area (Å²) in [5, 5.41) is 3.83. The Bertz CT molecular complexity index is 356. The molecular formula is C10H15N3O. The Hall–Kier alpha value is -1.03. The van der Waals surface area contributed by atoms with Crippen molar-refractivity contribution in [1.29, 1.82) is 0 Å². The third-order valence-electron chi connectivity index (χ3n) is 3.30. The van der Waals surface area contributed by atoms with Crippen molar-refractivity contribution in [2.24, 2.45) is 0 Å². The van der Waals surface area contributed by atoms with Gasteiger partial charge in [0.2, 0.25) is 0 Å². The van der Waals surface area contributed by atoms with Gasteiger partial charge in [-0.25, -0.2) is 0 Å². The summed E-state index contributed by atoms with van der Waals surface area (Å²) in [5.41, 5.74) is 6.89. The van der Waals surface area contributed by atoms with Crippen LogP contribution in [0.3, 0.4) is 0 Å². The maximum absolute atomic E-state index is 5.76. The van der Waals surface area contributed by atoms with Crippen LogP contribution in [0.15, 0.2) is 4.52 Å². The topological polar surface area (TPSA) is 55.3 Å².